The fourth-order valence-electron chi connectivity index (χ4n) is 10.7. The number of aromatic nitrogens is 2. The highest BCUT2D eigenvalue weighted by atomic mass is 32.2. The molecule has 20 atom stereocenters. The second-order valence-electron chi connectivity index (χ2n) is 19.6. The van der Waals surface area contributed by atoms with Crippen LogP contribution in [0, 0.1) is 11.8 Å². The van der Waals surface area contributed by atoms with Crippen molar-refractivity contribution in [1.82, 2.24) is 31.2 Å². The number of nitrogens with one attached hydrogen (secondary N) is 4. The van der Waals surface area contributed by atoms with E-state index in [1.165, 1.54) is 30.5 Å². The van der Waals surface area contributed by atoms with Crippen LogP contribution < -0.4 is 34.8 Å². The lowest BCUT2D eigenvalue weighted by Crippen LogP contribution is -2.77. The number of nitrogens with two attached hydrogens (primary N) is 1. The fraction of sp³-hybridized carbons (Fsp3) is 0.733. The van der Waals surface area contributed by atoms with Gasteiger partial charge in [0.05, 0.1) is 92.3 Å². The van der Waals surface area contributed by atoms with Crippen molar-refractivity contribution in [1.29, 1.82) is 0 Å². The second-order valence-corrected chi connectivity index (χ2v) is 22.3. The van der Waals surface area contributed by atoms with E-state index < -0.39 is 153 Å². The first-order valence-corrected chi connectivity index (χ1v) is 27.6. The minimum atomic E-state index is -4.20. The van der Waals surface area contributed by atoms with Crippen LogP contribution in [0.5, 0.6) is 11.5 Å². The number of hydrogen-bond acceptors (Lipinski definition) is 24. The molecule has 2 amide bonds. The summed E-state index contributed by atoms with van der Waals surface area (Å²) in [5, 5.41) is 83.0. The molecular formula is C45H69N7O20S2. The molecule has 6 aliphatic rings. The lowest BCUT2D eigenvalue weighted by atomic mass is 9.74. The summed E-state index contributed by atoms with van der Waals surface area (Å²) in [5.74, 6) is -6.18. The molecule has 0 bridgehead atoms. The Hall–Kier alpha value is -3.86. The van der Waals surface area contributed by atoms with Crippen molar-refractivity contribution < 1.29 is 93.9 Å². The monoisotopic (exact) mass is 1090 g/mol. The number of carbonyl (C=O) groups is 2. The Labute approximate surface area is 428 Å². The molecule has 6 heterocycles. The van der Waals surface area contributed by atoms with Gasteiger partial charge in [0.2, 0.25) is 36.0 Å². The summed E-state index contributed by atoms with van der Waals surface area (Å²) in [6, 6.07) is 2.38. The van der Waals surface area contributed by atoms with Gasteiger partial charge in [0.1, 0.15) is 24.4 Å². The molecule has 4 saturated heterocycles. The Morgan fingerprint density at radius 2 is 1.05 bits per heavy atom. The van der Waals surface area contributed by atoms with E-state index >= 15 is 0 Å². The standard InChI is InChI=1S/C23H35N3O10S.C22H34N4O10S/c1-5-14-18(28)17(24-3)20-21(19(14)29)34-22-23(30,35-20)15(8-11(2)33-22)26-16(27)9-12-6-7-13(10-25-12)36-37(4,31)32;1-4-13-17(28)16(24-3)19-20(18(13)29)34-21-22(30,35-19)14(7-10(2)33-21)26-15(27)8-11-5-6-12(9-25-11)36-37(23,31)32/h6-7,10-11,14-15,17-22,24,28-30H,5,8-9H2,1-4H3,(H,26,27);5-6,9-10,13-14,16-21,24,28-30H,4,7-8H2,1-3H3,(H,26,27)(H2,23,31,32)/t11-,14-,15-,17+,18+,19+,20-,21-,22+,23+;10-,13-,14-,16+,17+,18+,19-,20-,21+,22+/m11/s1. The Morgan fingerprint density at radius 1 is 0.662 bits per heavy atom. The number of pyridine rings is 2. The van der Waals surface area contributed by atoms with Gasteiger partial charge >= 0.3 is 20.4 Å². The largest absolute Gasteiger partial charge is 0.391 e. The first-order valence-electron chi connectivity index (χ1n) is 24.3. The lowest BCUT2D eigenvalue weighted by Gasteiger charge is -2.58. The number of nitrogens with zero attached hydrogens (tertiary/aromatic N) is 2. The van der Waals surface area contributed by atoms with E-state index in [0.717, 1.165) is 12.5 Å². The van der Waals surface area contributed by atoms with Crippen molar-refractivity contribution in [2.75, 3.05) is 20.4 Å². The maximum absolute atomic E-state index is 12.9. The summed E-state index contributed by atoms with van der Waals surface area (Å²) < 4.78 is 89.8. The summed E-state index contributed by atoms with van der Waals surface area (Å²) in [5.41, 5.74) is 0.658. The van der Waals surface area contributed by atoms with E-state index in [9.17, 15) is 57.1 Å². The van der Waals surface area contributed by atoms with Crippen LogP contribution in [-0.4, -0.2) is 199 Å². The SMILES string of the molecule is CC[C@@H]1[C@H](O)[C@H](NC)[C@H]2O[C@]3(O)[C@H](O[C@@H]2[C@H]1O)O[C@H](C)C[C@H]3NC(=O)Cc1ccc(OS(C)(=O)=O)cn1.CC[C@@H]1[C@H](O)[C@H](NC)[C@H]2O[C@]3(O)[C@H](O[C@@H]2[C@H]1O)O[C@H](C)C[C@H]3NC(=O)Cc1ccc(OS(N)(=O)=O)cn1. The van der Waals surface area contributed by atoms with Crippen molar-refractivity contribution in [3.05, 3.63) is 48.0 Å². The van der Waals surface area contributed by atoms with Gasteiger partial charge in [0.15, 0.2) is 11.5 Å². The van der Waals surface area contributed by atoms with Crippen LogP contribution in [0.2, 0.25) is 0 Å². The van der Waals surface area contributed by atoms with Gasteiger partial charge in [-0.3, -0.25) is 19.6 Å². The third-order valence-corrected chi connectivity index (χ3v) is 15.2. The molecule has 29 heteroatoms. The highest BCUT2D eigenvalue weighted by molar-refractivity contribution is 7.86. The van der Waals surface area contributed by atoms with Crippen LogP contribution in [0.4, 0.5) is 0 Å². The van der Waals surface area contributed by atoms with E-state index in [2.05, 4.69) is 35.4 Å². The molecule has 6 fully saturated rings. The molecule has 8 rings (SSSR count). The highest BCUT2D eigenvalue weighted by Crippen LogP contribution is 2.45. The molecule has 4 aliphatic heterocycles. The van der Waals surface area contributed by atoms with Crippen molar-refractivity contribution in [2.45, 2.75) is 176 Å². The molecule has 416 valence electrons. The molecule has 0 aromatic carbocycles. The van der Waals surface area contributed by atoms with Gasteiger partial charge in [-0.1, -0.05) is 13.8 Å². The molecule has 27 nitrogen and oxygen atoms in total. The fourth-order valence-corrected chi connectivity index (χ4v) is 11.6. The zero-order valence-electron chi connectivity index (χ0n) is 41.8. The number of rotatable bonds is 14. The number of hydrogen-bond donors (Lipinski definition) is 11. The van der Waals surface area contributed by atoms with Gasteiger partial charge in [-0.15, -0.1) is 0 Å². The molecule has 0 spiro atoms. The number of aliphatic hydroxyl groups is 6. The number of likely N-dealkylation sites (N-methyl/N-ethyl adjacent to an activating group) is 2. The van der Waals surface area contributed by atoms with Gasteiger partial charge in [0.25, 0.3) is 0 Å². The molecule has 2 aliphatic carbocycles. The van der Waals surface area contributed by atoms with Crippen LogP contribution in [0.25, 0.3) is 0 Å². The number of aliphatic hydroxyl groups excluding tert-OH is 4. The molecule has 2 aromatic rings. The van der Waals surface area contributed by atoms with E-state index in [0.29, 0.717) is 24.2 Å². The topological polar surface area (TPSA) is 398 Å². The molecule has 74 heavy (non-hydrogen) atoms. The molecule has 0 unspecified atom stereocenters. The van der Waals surface area contributed by atoms with Gasteiger partial charge in [-0.25, -0.2) is 0 Å². The lowest BCUT2D eigenvalue weighted by molar-refractivity contribution is -0.450. The molecule has 12 N–H and O–H groups in total. The summed E-state index contributed by atoms with van der Waals surface area (Å²) >= 11 is 0. The average molecular weight is 1090 g/mol. The van der Waals surface area contributed by atoms with Crippen molar-refractivity contribution in [2.24, 2.45) is 17.0 Å². The predicted octanol–water partition coefficient (Wildman–Crippen LogP) is -3.95. The van der Waals surface area contributed by atoms with E-state index in [1.54, 1.807) is 27.9 Å². The summed E-state index contributed by atoms with van der Waals surface area (Å²) in [7, 11) is -4.62. The van der Waals surface area contributed by atoms with Crippen LogP contribution in [0.15, 0.2) is 36.7 Å². The zero-order valence-corrected chi connectivity index (χ0v) is 43.4. The Balaban J connectivity index is 0.000000216. The predicted molar refractivity (Wildman–Crippen MR) is 254 cm³/mol. The van der Waals surface area contributed by atoms with Crippen LogP contribution >= 0.6 is 0 Å². The molecule has 0 radical (unpaired) electrons. The van der Waals surface area contributed by atoms with Crippen LogP contribution in [0.3, 0.4) is 0 Å². The Morgan fingerprint density at radius 3 is 1.38 bits per heavy atom. The third kappa shape index (κ3) is 12.6. The minimum Gasteiger partial charge on any atom is -0.391 e. The van der Waals surface area contributed by atoms with Gasteiger partial charge < -0.3 is 88.7 Å². The first-order chi connectivity index (χ1) is 34.7. The molecule has 2 saturated carbocycles. The van der Waals surface area contributed by atoms with E-state index in [1.807, 2.05) is 13.8 Å². The van der Waals surface area contributed by atoms with Crippen molar-refractivity contribution >= 4 is 32.2 Å². The number of ether oxygens (including phenoxy) is 6. The summed E-state index contributed by atoms with van der Waals surface area (Å²) in [6.07, 6.45) is -6.72. The third-order valence-electron chi connectivity index (χ3n) is 14.3. The number of amides is 2. The Kier molecular flexibility index (Phi) is 18.0. The first kappa shape index (κ1) is 57.8. The number of carbonyl (C=O) groups excluding carboxylic acids is 2. The zero-order chi connectivity index (χ0) is 54.2. The van der Waals surface area contributed by atoms with Crippen LogP contribution in [0.1, 0.15) is 64.8 Å². The van der Waals surface area contributed by atoms with Crippen molar-refractivity contribution in [3.8, 4) is 11.5 Å². The van der Waals surface area contributed by atoms with E-state index in [-0.39, 0.29) is 37.2 Å². The highest BCUT2D eigenvalue weighted by Gasteiger charge is 2.65. The quantitative estimate of drug-likeness (QED) is 0.0805. The maximum Gasteiger partial charge on any atom is 0.380 e. The maximum atomic E-state index is 12.9. The van der Waals surface area contributed by atoms with Gasteiger partial charge in [-0.2, -0.15) is 22.0 Å². The average Bonchev–Trinajstić information content (AvgIpc) is 3.30. The van der Waals surface area contributed by atoms with Gasteiger partial charge in [0, 0.05) is 23.2 Å². The van der Waals surface area contributed by atoms with Crippen molar-refractivity contribution in [3.63, 3.8) is 0 Å². The normalized spacial score (nSPS) is 39.8. The Bertz CT molecular complexity index is 2320. The minimum absolute atomic E-state index is 0.0191. The summed E-state index contributed by atoms with van der Waals surface area (Å²) in [4.78, 5) is 33.8. The molecule has 2 aromatic heterocycles. The second kappa shape index (κ2) is 23.0. The van der Waals surface area contributed by atoms with E-state index in [4.69, 9.17) is 37.7 Å². The summed E-state index contributed by atoms with van der Waals surface area (Å²) in [6.45, 7) is 7.23. The number of fused-ring (bicyclic) bond motifs is 4. The molecular weight excluding hydrogens is 1020 g/mol. The van der Waals surface area contributed by atoms with Gasteiger partial charge in [-0.05, 0) is 77.9 Å². The van der Waals surface area contributed by atoms with Crippen LogP contribution in [-0.2, 0) is 71.3 Å². The smallest absolute Gasteiger partial charge is 0.380 e.